The topological polar surface area (TPSA) is 9.23 Å². The van der Waals surface area contributed by atoms with Crippen molar-refractivity contribution in [3.8, 4) is 5.75 Å². The van der Waals surface area contributed by atoms with Crippen LogP contribution in [-0.2, 0) is 6.42 Å². The maximum atomic E-state index is 5.85. The molecule has 2 rings (SSSR count). The summed E-state index contributed by atoms with van der Waals surface area (Å²) in [6, 6.07) is 8.30. The lowest BCUT2D eigenvalue weighted by Gasteiger charge is -2.12. The zero-order valence-electron chi connectivity index (χ0n) is 8.54. The van der Waals surface area contributed by atoms with Crippen molar-refractivity contribution in [3.05, 3.63) is 36.8 Å². The molecule has 1 aliphatic rings. The average Bonchev–Trinajstić information content (AvgIpc) is 2.72. The Balaban J connectivity index is 1.95. The monoisotopic (exact) mass is 189 g/mol. The highest BCUT2D eigenvalue weighted by molar-refractivity contribution is 5.27. The SMILES string of the molecule is [CH2]Cc1ccc(OC2CCCC2)cc1. The first-order valence-electron chi connectivity index (χ1n) is 5.43. The van der Waals surface area contributed by atoms with Crippen LogP contribution < -0.4 is 4.74 Å². The molecule has 0 N–H and O–H groups in total. The molecule has 0 atom stereocenters. The molecule has 0 aliphatic heterocycles. The number of ether oxygens (including phenoxy) is 1. The van der Waals surface area contributed by atoms with E-state index in [1.165, 1.54) is 31.2 Å². The molecular weight excluding hydrogens is 172 g/mol. The summed E-state index contributed by atoms with van der Waals surface area (Å²) in [4.78, 5) is 0. The molecule has 1 radical (unpaired) electrons. The van der Waals surface area contributed by atoms with E-state index in [1.54, 1.807) is 0 Å². The van der Waals surface area contributed by atoms with Gasteiger partial charge in [0.05, 0.1) is 6.10 Å². The van der Waals surface area contributed by atoms with Gasteiger partial charge in [0, 0.05) is 0 Å². The van der Waals surface area contributed by atoms with Crippen LogP contribution in [0.3, 0.4) is 0 Å². The smallest absolute Gasteiger partial charge is 0.119 e. The first-order chi connectivity index (χ1) is 6.88. The Labute approximate surface area is 86.1 Å². The molecule has 75 valence electrons. The molecule has 1 heteroatoms. The van der Waals surface area contributed by atoms with Crippen LogP contribution in [0.2, 0.25) is 0 Å². The van der Waals surface area contributed by atoms with Gasteiger partial charge in [-0.1, -0.05) is 12.1 Å². The van der Waals surface area contributed by atoms with Crippen LogP contribution in [0.15, 0.2) is 24.3 Å². The van der Waals surface area contributed by atoms with Gasteiger partial charge in [0.1, 0.15) is 5.75 Å². The summed E-state index contributed by atoms with van der Waals surface area (Å²) in [6.45, 7) is 3.85. The normalized spacial score (nSPS) is 17.2. The first kappa shape index (κ1) is 9.57. The van der Waals surface area contributed by atoms with Crippen LogP contribution >= 0.6 is 0 Å². The van der Waals surface area contributed by atoms with E-state index in [9.17, 15) is 0 Å². The first-order valence-corrected chi connectivity index (χ1v) is 5.43. The minimum atomic E-state index is 0.459. The van der Waals surface area contributed by atoms with E-state index in [0.717, 1.165) is 12.2 Å². The lowest BCUT2D eigenvalue weighted by Crippen LogP contribution is -2.10. The molecule has 0 heterocycles. The zero-order valence-corrected chi connectivity index (χ0v) is 8.54. The fourth-order valence-electron chi connectivity index (χ4n) is 1.93. The molecule has 0 saturated heterocycles. The van der Waals surface area contributed by atoms with Gasteiger partial charge >= 0.3 is 0 Å². The van der Waals surface area contributed by atoms with E-state index in [1.807, 2.05) is 0 Å². The van der Waals surface area contributed by atoms with E-state index in [-0.39, 0.29) is 0 Å². The van der Waals surface area contributed by atoms with E-state index in [2.05, 4.69) is 31.2 Å². The second kappa shape index (κ2) is 4.50. The summed E-state index contributed by atoms with van der Waals surface area (Å²) in [5.41, 5.74) is 1.27. The molecule has 1 aliphatic carbocycles. The Morgan fingerprint density at radius 3 is 2.36 bits per heavy atom. The zero-order chi connectivity index (χ0) is 9.80. The van der Waals surface area contributed by atoms with Gasteiger partial charge < -0.3 is 4.74 Å². The summed E-state index contributed by atoms with van der Waals surface area (Å²) in [5.74, 6) is 1.01. The Bertz CT molecular complexity index is 270. The number of hydrogen-bond acceptors (Lipinski definition) is 1. The third-order valence-corrected chi connectivity index (χ3v) is 2.82. The molecule has 0 unspecified atom stereocenters. The summed E-state index contributed by atoms with van der Waals surface area (Å²) >= 11 is 0. The van der Waals surface area contributed by atoms with Crippen molar-refractivity contribution < 1.29 is 4.74 Å². The number of benzene rings is 1. The van der Waals surface area contributed by atoms with Crippen molar-refractivity contribution in [1.82, 2.24) is 0 Å². The molecule has 0 amide bonds. The molecule has 0 bridgehead atoms. The lowest BCUT2D eigenvalue weighted by atomic mass is 10.2. The third kappa shape index (κ3) is 2.28. The fourth-order valence-corrected chi connectivity index (χ4v) is 1.93. The molecule has 0 aromatic heterocycles. The van der Waals surface area contributed by atoms with Gasteiger partial charge in [-0.25, -0.2) is 0 Å². The van der Waals surface area contributed by atoms with E-state index < -0.39 is 0 Å². The van der Waals surface area contributed by atoms with Crippen LogP contribution in [0.25, 0.3) is 0 Å². The van der Waals surface area contributed by atoms with Crippen LogP contribution in [0.5, 0.6) is 5.75 Å². The van der Waals surface area contributed by atoms with Crippen LogP contribution in [0, 0.1) is 6.92 Å². The second-order valence-corrected chi connectivity index (χ2v) is 3.92. The van der Waals surface area contributed by atoms with Crippen molar-refractivity contribution in [2.24, 2.45) is 0 Å². The van der Waals surface area contributed by atoms with Gasteiger partial charge in [-0.2, -0.15) is 0 Å². The average molecular weight is 189 g/mol. The van der Waals surface area contributed by atoms with Gasteiger partial charge in [0.25, 0.3) is 0 Å². The molecule has 1 aromatic carbocycles. The van der Waals surface area contributed by atoms with Crippen LogP contribution in [0.1, 0.15) is 31.2 Å². The molecule has 0 spiro atoms. The molecule has 1 fully saturated rings. The van der Waals surface area contributed by atoms with Crippen LogP contribution in [0.4, 0.5) is 0 Å². The molecule has 14 heavy (non-hydrogen) atoms. The van der Waals surface area contributed by atoms with Gasteiger partial charge in [-0.05, 0) is 56.7 Å². The van der Waals surface area contributed by atoms with Crippen molar-refractivity contribution >= 4 is 0 Å². The van der Waals surface area contributed by atoms with Crippen molar-refractivity contribution in [1.29, 1.82) is 0 Å². The largest absolute Gasteiger partial charge is 0.490 e. The highest BCUT2D eigenvalue weighted by atomic mass is 16.5. The molecule has 1 aromatic rings. The quantitative estimate of drug-likeness (QED) is 0.708. The predicted molar refractivity (Wildman–Crippen MR) is 58.4 cm³/mol. The van der Waals surface area contributed by atoms with Gasteiger partial charge in [-0.15, -0.1) is 0 Å². The van der Waals surface area contributed by atoms with E-state index in [4.69, 9.17) is 4.74 Å². The predicted octanol–water partition coefficient (Wildman–Crippen LogP) is 3.38. The Morgan fingerprint density at radius 1 is 1.14 bits per heavy atom. The lowest BCUT2D eigenvalue weighted by molar-refractivity contribution is 0.210. The Kier molecular flexibility index (Phi) is 3.07. The highest BCUT2D eigenvalue weighted by Crippen LogP contribution is 2.24. The standard InChI is InChI=1S/C13H17O/c1-2-11-7-9-13(10-8-11)14-12-5-3-4-6-12/h7-10,12H,1-6H2. The van der Waals surface area contributed by atoms with E-state index >= 15 is 0 Å². The maximum Gasteiger partial charge on any atom is 0.119 e. The third-order valence-electron chi connectivity index (χ3n) is 2.82. The van der Waals surface area contributed by atoms with Crippen molar-refractivity contribution in [2.75, 3.05) is 0 Å². The molecule has 1 nitrogen and oxygen atoms in total. The highest BCUT2D eigenvalue weighted by Gasteiger charge is 2.15. The van der Waals surface area contributed by atoms with Crippen LogP contribution in [-0.4, -0.2) is 6.10 Å². The number of rotatable bonds is 3. The maximum absolute atomic E-state index is 5.85. The number of hydrogen-bond donors (Lipinski definition) is 0. The Hall–Kier alpha value is -0.980. The van der Waals surface area contributed by atoms with Gasteiger partial charge in [0.15, 0.2) is 0 Å². The van der Waals surface area contributed by atoms with Gasteiger partial charge in [-0.3, -0.25) is 0 Å². The Morgan fingerprint density at radius 2 is 1.79 bits per heavy atom. The fraction of sp³-hybridized carbons (Fsp3) is 0.462. The van der Waals surface area contributed by atoms with Crippen molar-refractivity contribution in [2.45, 2.75) is 38.2 Å². The second-order valence-electron chi connectivity index (χ2n) is 3.92. The minimum Gasteiger partial charge on any atom is -0.490 e. The van der Waals surface area contributed by atoms with Crippen molar-refractivity contribution in [3.63, 3.8) is 0 Å². The summed E-state index contributed by atoms with van der Waals surface area (Å²) in [5, 5.41) is 0. The van der Waals surface area contributed by atoms with E-state index in [0.29, 0.717) is 6.10 Å². The summed E-state index contributed by atoms with van der Waals surface area (Å²) in [6.07, 6.45) is 6.39. The molecular formula is C13H17O. The molecule has 1 saturated carbocycles. The summed E-state index contributed by atoms with van der Waals surface area (Å²) < 4.78 is 5.85. The summed E-state index contributed by atoms with van der Waals surface area (Å²) in [7, 11) is 0. The minimum absolute atomic E-state index is 0.459. The van der Waals surface area contributed by atoms with Gasteiger partial charge in [0.2, 0.25) is 0 Å².